The first-order valence-corrected chi connectivity index (χ1v) is 14.7. The summed E-state index contributed by atoms with van der Waals surface area (Å²) in [5.41, 5.74) is 25.2. The zero-order valence-corrected chi connectivity index (χ0v) is 29.6. The second-order valence-electron chi connectivity index (χ2n) is 10.9. The molecule has 18 heteroatoms. The molecule has 4 amide bonds. The molecule has 1 heterocycles. The number of carbonyl (C=O) groups excluding carboxylic acids is 4. The van der Waals surface area contributed by atoms with Gasteiger partial charge in [-0.15, -0.1) is 49.6 Å². The third kappa shape index (κ3) is 13.8. The van der Waals surface area contributed by atoms with E-state index in [2.05, 4.69) is 21.3 Å². The normalized spacial score (nSPS) is 17.9. The molecule has 0 saturated heterocycles. The summed E-state index contributed by atoms with van der Waals surface area (Å²) in [6.07, 6.45) is 0.683. The van der Waals surface area contributed by atoms with Gasteiger partial charge in [0.15, 0.2) is 0 Å². The van der Waals surface area contributed by atoms with Gasteiger partial charge in [0.25, 0.3) is 0 Å². The second kappa shape index (κ2) is 23.3. The van der Waals surface area contributed by atoms with Crippen molar-refractivity contribution in [3.63, 3.8) is 0 Å². The van der Waals surface area contributed by atoms with Crippen LogP contribution in [0, 0.1) is 0 Å². The molecular formula is C30H48Cl4N8O6. The molecule has 0 fully saturated rings. The summed E-state index contributed by atoms with van der Waals surface area (Å²) in [4.78, 5) is 52.7. The molecule has 0 radical (unpaired) electrons. The van der Waals surface area contributed by atoms with Crippen LogP contribution in [0.25, 0.3) is 11.1 Å². The Balaban J connectivity index is 0. The van der Waals surface area contributed by atoms with Gasteiger partial charge in [0.2, 0.25) is 23.6 Å². The quantitative estimate of drug-likeness (QED) is 0.145. The Kier molecular flexibility index (Phi) is 22.8. The van der Waals surface area contributed by atoms with E-state index >= 15 is 0 Å². The lowest BCUT2D eigenvalue weighted by Crippen LogP contribution is -2.57. The molecule has 0 aromatic heterocycles. The van der Waals surface area contributed by atoms with Crippen LogP contribution < -0.4 is 44.2 Å². The summed E-state index contributed by atoms with van der Waals surface area (Å²) in [5, 5.41) is 32.1. The minimum absolute atomic E-state index is 0. The Morgan fingerprint density at radius 3 is 1.96 bits per heavy atom. The number of benzene rings is 2. The van der Waals surface area contributed by atoms with Crippen molar-refractivity contribution < 1.29 is 29.4 Å². The van der Waals surface area contributed by atoms with Gasteiger partial charge < -0.3 is 54.4 Å². The largest absolute Gasteiger partial charge is 0.508 e. The highest BCUT2D eigenvalue weighted by Gasteiger charge is 2.30. The molecule has 1 unspecified atom stereocenters. The van der Waals surface area contributed by atoms with E-state index in [9.17, 15) is 29.4 Å². The lowest BCUT2D eigenvalue weighted by atomic mass is 9.95. The number of halogens is 4. The van der Waals surface area contributed by atoms with Crippen LogP contribution in [0.15, 0.2) is 36.4 Å². The molecular weight excluding hydrogens is 710 g/mol. The summed E-state index contributed by atoms with van der Waals surface area (Å²) in [7, 11) is 0. The van der Waals surface area contributed by atoms with Gasteiger partial charge in [-0.25, -0.2) is 0 Å². The van der Waals surface area contributed by atoms with Crippen LogP contribution in [0.4, 0.5) is 0 Å². The van der Waals surface area contributed by atoms with E-state index in [1.54, 1.807) is 24.3 Å². The molecule has 4 atom stereocenters. The number of nitrogens with one attached hydrogen (secondary N) is 4. The highest BCUT2D eigenvalue weighted by molar-refractivity contribution is 5.93. The number of nitrogens with two attached hydrogens (primary N) is 4. The maximum atomic E-state index is 13.7. The van der Waals surface area contributed by atoms with Gasteiger partial charge in [-0.05, 0) is 78.9 Å². The number of carbonyl (C=O) groups is 4. The number of phenols is 2. The van der Waals surface area contributed by atoms with Crippen LogP contribution in [0.5, 0.6) is 11.5 Å². The Morgan fingerprint density at radius 1 is 0.833 bits per heavy atom. The molecule has 14 N–H and O–H groups in total. The van der Waals surface area contributed by atoms with Crippen LogP contribution in [0.1, 0.15) is 36.8 Å². The highest BCUT2D eigenvalue weighted by Crippen LogP contribution is 2.31. The van der Waals surface area contributed by atoms with Crippen molar-refractivity contribution in [2.75, 3.05) is 26.2 Å². The molecule has 2 aromatic rings. The molecule has 0 saturated carbocycles. The van der Waals surface area contributed by atoms with Gasteiger partial charge in [0.1, 0.15) is 23.6 Å². The minimum atomic E-state index is -1.21. The molecule has 272 valence electrons. The van der Waals surface area contributed by atoms with Crippen molar-refractivity contribution in [2.45, 2.75) is 62.7 Å². The van der Waals surface area contributed by atoms with Crippen molar-refractivity contribution in [3.8, 4) is 22.6 Å². The number of rotatable bonds is 11. The van der Waals surface area contributed by atoms with Gasteiger partial charge in [0, 0.05) is 38.4 Å². The highest BCUT2D eigenvalue weighted by atomic mass is 35.5. The fourth-order valence-electron chi connectivity index (χ4n) is 4.99. The lowest BCUT2D eigenvalue weighted by Gasteiger charge is -2.26. The van der Waals surface area contributed by atoms with Crippen LogP contribution in [0.2, 0.25) is 0 Å². The minimum Gasteiger partial charge on any atom is -0.508 e. The first kappa shape index (κ1) is 47.0. The molecule has 1 aliphatic rings. The number of amides is 4. The Hall–Kier alpha value is -3.08. The van der Waals surface area contributed by atoms with Crippen LogP contribution >= 0.6 is 49.6 Å². The third-order valence-corrected chi connectivity index (χ3v) is 7.42. The molecule has 2 aromatic carbocycles. The van der Waals surface area contributed by atoms with E-state index in [0.717, 1.165) is 0 Å². The zero-order valence-electron chi connectivity index (χ0n) is 26.3. The topological polar surface area (TPSA) is 261 Å². The van der Waals surface area contributed by atoms with Crippen LogP contribution in [-0.4, -0.2) is 84.2 Å². The van der Waals surface area contributed by atoms with Gasteiger partial charge in [-0.2, -0.15) is 0 Å². The first-order chi connectivity index (χ1) is 21.1. The SMILES string of the molecule is Cl.Cl.Cl.Cl.NCCC[C@@H]1NC(=O)[C@@H](N)Cc2cc(ccc2O)-c2ccc(O)c(c2)C[C@@H](C(=O)NC(CCN)CC(=O)NCCN)NC1=O. The van der Waals surface area contributed by atoms with Crippen molar-refractivity contribution in [2.24, 2.45) is 22.9 Å². The summed E-state index contributed by atoms with van der Waals surface area (Å²) < 4.78 is 0. The van der Waals surface area contributed by atoms with E-state index in [4.69, 9.17) is 22.9 Å². The van der Waals surface area contributed by atoms with E-state index in [1.807, 2.05) is 0 Å². The van der Waals surface area contributed by atoms with Crippen molar-refractivity contribution in [3.05, 3.63) is 47.5 Å². The standard InChI is InChI=1S/C30H44N8O6.4ClH/c31-8-1-2-23-29(43)38-24(30(44)36-21(7-9-32)16-27(41)35-11-10-33)15-20-13-18(4-6-26(20)40)17-3-5-25(39)19(12-17)14-22(34)28(42)37-23;;;;/h3-6,12-13,21-24,39-40H,1-2,7-11,14-16,31-34H2,(H,35,41)(H,36,44)(H,37,42)(H,38,43);4*1H/t21?,22-,23-,24-;;;;/m0..../s1. The molecule has 14 nitrogen and oxygen atoms in total. The maximum Gasteiger partial charge on any atom is 0.243 e. The summed E-state index contributed by atoms with van der Waals surface area (Å²) in [6.45, 7) is 0.980. The molecule has 3 rings (SSSR count). The average Bonchev–Trinajstić information content (AvgIpc) is 2.99. The number of hydrogen-bond donors (Lipinski definition) is 10. The zero-order chi connectivity index (χ0) is 32.2. The summed E-state index contributed by atoms with van der Waals surface area (Å²) in [6, 6.07) is 5.70. The van der Waals surface area contributed by atoms with E-state index in [-0.39, 0.29) is 119 Å². The van der Waals surface area contributed by atoms with Gasteiger partial charge in [-0.3, -0.25) is 19.2 Å². The average molecular weight is 759 g/mol. The van der Waals surface area contributed by atoms with Gasteiger partial charge in [0.05, 0.1) is 6.04 Å². The van der Waals surface area contributed by atoms with Crippen molar-refractivity contribution in [1.29, 1.82) is 0 Å². The molecule has 4 bridgehead atoms. The molecule has 0 aliphatic carbocycles. The number of fused-ring (bicyclic) bond motifs is 5. The lowest BCUT2D eigenvalue weighted by molar-refractivity contribution is -0.133. The molecule has 1 aliphatic heterocycles. The number of phenolic OH excluding ortho intramolecular Hbond substituents is 2. The summed E-state index contributed by atoms with van der Waals surface area (Å²) >= 11 is 0. The van der Waals surface area contributed by atoms with Crippen molar-refractivity contribution in [1.82, 2.24) is 21.3 Å². The van der Waals surface area contributed by atoms with E-state index in [0.29, 0.717) is 35.1 Å². The maximum absolute atomic E-state index is 13.7. The predicted molar refractivity (Wildman–Crippen MR) is 194 cm³/mol. The van der Waals surface area contributed by atoms with Crippen molar-refractivity contribution >= 4 is 73.3 Å². The Labute approximate surface area is 304 Å². The van der Waals surface area contributed by atoms with Gasteiger partial charge >= 0.3 is 0 Å². The predicted octanol–water partition coefficient (Wildman–Crippen LogP) is -0.115. The number of hydrogen-bond acceptors (Lipinski definition) is 10. The van der Waals surface area contributed by atoms with E-state index < -0.39 is 41.9 Å². The molecule has 0 spiro atoms. The Bertz CT molecular complexity index is 1340. The van der Waals surface area contributed by atoms with Gasteiger partial charge in [-0.1, -0.05) is 12.1 Å². The fraction of sp³-hybridized carbons (Fsp3) is 0.467. The molecule has 48 heavy (non-hydrogen) atoms. The van der Waals surface area contributed by atoms with Crippen LogP contribution in [0.3, 0.4) is 0 Å². The first-order valence-electron chi connectivity index (χ1n) is 14.7. The summed E-state index contributed by atoms with van der Waals surface area (Å²) in [5.74, 6) is -2.33. The Morgan fingerprint density at radius 2 is 1.42 bits per heavy atom. The fourth-order valence-corrected chi connectivity index (χ4v) is 4.99. The smallest absolute Gasteiger partial charge is 0.243 e. The number of aromatic hydroxyl groups is 2. The monoisotopic (exact) mass is 756 g/mol. The third-order valence-electron chi connectivity index (χ3n) is 7.42. The second-order valence-corrected chi connectivity index (χ2v) is 10.9. The van der Waals surface area contributed by atoms with Crippen LogP contribution in [-0.2, 0) is 32.0 Å². The van der Waals surface area contributed by atoms with E-state index in [1.165, 1.54) is 12.1 Å².